The lowest BCUT2D eigenvalue weighted by atomic mass is 10.1. The van der Waals surface area contributed by atoms with E-state index >= 15 is 0 Å². The maximum atomic E-state index is 13.1. The second-order valence-corrected chi connectivity index (χ2v) is 7.79. The molecule has 0 radical (unpaired) electrons. The fourth-order valence-corrected chi connectivity index (χ4v) is 4.18. The molecule has 8 heteroatoms. The number of aromatic nitrogens is 3. The summed E-state index contributed by atoms with van der Waals surface area (Å²) in [6, 6.07) is 5.36. The number of fused-ring (bicyclic) bond motifs is 2. The fraction of sp³-hybridized carbons (Fsp3) is 0.350. The summed E-state index contributed by atoms with van der Waals surface area (Å²) in [7, 11) is 1.83. The molecule has 1 unspecified atom stereocenters. The number of hydrogen-bond donors (Lipinski definition) is 1. The van der Waals surface area contributed by atoms with Gasteiger partial charge in [-0.2, -0.15) is 5.10 Å². The molecule has 0 saturated carbocycles. The minimum absolute atomic E-state index is 0.166. The van der Waals surface area contributed by atoms with Gasteiger partial charge in [0, 0.05) is 17.2 Å². The van der Waals surface area contributed by atoms with Crippen molar-refractivity contribution in [3.63, 3.8) is 0 Å². The van der Waals surface area contributed by atoms with E-state index in [1.54, 1.807) is 10.7 Å². The molecule has 3 heterocycles. The molecular formula is C20H21BrN4O3. The van der Waals surface area contributed by atoms with Crippen LogP contribution in [0.1, 0.15) is 40.3 Å². The van der Waals surface area contributed by atoms with E-state index in [9.17, 15) is 4.79 Å². The van der Waals surface area contributed by atoms with Crippen LogP contribution in [0.25, 0.3) is 11.0 Å². The van der Waals surface area contributed by atoms with Crippen molar-refractivity contribution >= 4 is 32.9 Å². The molecule has 1 N–H and O–H groups in total. The predicted octanol–water partition coefficient (Wildman–Crippen LogP) is 3.61. The molecule has 1 aliphatic heterocycles. The summed E-state index contributed by atoms with van der Waals surface area (Å²) >= 11 is 3.58. The molecule has 3 aromatic rings. The van der Waals surface area contributed by atoms with E-state index in [2.05, 4.69) is 31.3 Å². The molecule has 4 rings (SSSR count). The Morgan fingerprint density at radius 1 is 1.21 bits per heavy atom. The van der Waals surface area contributed by atoms with Gasteiger partial charge < -0.3 is 14.8 Å². The average Bonchev–Trinajstić information content (AvgIpc) is 2.94. The number of halogens is 1. The second kappa shape index (κ2) is 7.09. The molecule has 146 valence electrons. The lowest BCUT2D eigenvalue weighted by molar-refractivity contribution is 0.0941. The van der Waals surface area contributed by atoms with Gasteiger partial charge in [0.05, 0.1) is 22.7 Å². The number of carbonyl (C=O) groups is 1. The summed E-state index contributed by atoms with van der Waals surface area (Å²) in [6.07, 6.45) is 0. The number of nitrogens with one attached hydrogen (secondary N) is 1. The zero-order valence-electron chi connectivity index (χ0n) is 16.2. The Balaban J connectivity index is 1.67. The van der Waals surface area contributed by atoms with Crippen LogP contribution in [0.5, 0.6) is 11.5 Å². The van der Waals surface area contributed by atoms with E-state index in [0.717, 1.165) is 26.8 Å². The molecule has 0 saturated heterocycles. The molecule has 0 aliphatic carbocycles. The Morgan fingerprint density at radius 3 is 2.61 bits per heavy atom. The number of carbonyl (C=O) groups excluding carboxylic acids is 1. The molecule has 28 heavy (non-hydrogen) atoms. The average molecular weight is 445 g/mol. The molecule has 1 amide bonds. The highest BCUT2D eigenvalue weighted by atomic mass is 79.9. The summed E-state index contributed by atoms with van der Waals surface area (Å²) in [5.74, 6) is 1.23. The SMILES string of the molecule is Cc1cc(C(=O)NC(C)c2cc3c(cc2Br)OCCO3)c2c(C)nn(C)c2n1. The van der Waals surface area contributed by atoms with E-state index in [4.69, 9.17) is 9.47 Å². The number of rotatable bonds is 3. The van der Waals surface area contributed by atoms with Gasteiger partial charge in [0.25, 0.3) is 5.91 Å². The van der Waals surface area contributed by atoms with Gasteiger partial charge in [-0.15, -0.1) is 0 Å². The van der Waals surface area contributed by atoms with Crippen molar-refractivity contribution < 1.29 is 14.3 Å². The summed E-state index contributed by atoms with van der Waals surface area (Å²) in [4.78, 5) is 17.6. The van der Waals surface area contributed by atoms with Crippen LogP contribution in [0.15, 0.2) is 22.7 Å². The maximum absolute atomic E-state index is 13.1. The van der Waals surface area contributed by atoms with E-state index in [1.165, 1.54) is 0 Å². The quantitative estimate of drug-likeness (QED) is 0.667. The minimum Gasteiger partial charge on any atom is -0.486 e. The van der Waals surface area contributed by atoms with Gasteiger partial charge in [0.15, 0.2) is 17.1 Å². The number of amides is 1. The van der Waals surface area contributed by atoms with Gasteiger partial charge in [0.2, 0.25) is 0 Å². The van der Waals surface area contributed by atoms with Gasteiger partial charge in [-0.05, 0) is 44.5 Å². The lowest BCUT2D eigenvalue weighted by Crippen LogP contribution is -2.27. The van der Waals surface area contributed by atoms with Gasteiger partial charge in [-0.3, -0.25) is 9.48 Å². The molecule has 7 nitrogen and oxygen atoms in total. The number of aryl methyl sites for hydroxylation is 3. The molecular weight excluding hydrogens is 424 g/mol. The number of pyridine rings is 1. The van der Waals surface area contributed by atoms with Crippen LogP contribution in [0, 0.1) is 13.8 Å². The van der Waals surface area contributed by atoms with E-state index < -0.39 is 0 Å². The van der Waals surface area contributed by atoms with Crippen LogP contribution >= 0.6 is 15.9 Å². The van der Waals surface area contributed by atoms with Crippen LogP contribution in [-0.2, 0) is 7.05 Å². The van der Waals surface area contributed by atoms with Crippen molar-refractivity contribution in [2.24, 2.45) is 7.05 Å². The zero-order valence-corrected chi connectivity index (χ0v) is 17.8. The van der Waals surface area contributed by atoms with Crippen molar-refractivity contribution in [1.29, 1.82) is 0 Å². The highest BCUT2D eigenvalue weighted by Gasteiger charge is 2.22. The molecule has 1 aliphatic rings. The van der Waals surface area contributed by atoms with Crippen LogP contribution in [-0.4, -0.2) is 33.9 Å². The Hall–Kier alpha value is -2.61. The lowest BCUT2D eigenvalue weighted by Gasteiger charge is -2.22. The smallest absolute Gasteiger partial charge is 0.252 e. The first-order valence-corrected chi connectivity index (χ1v) is 9.85. The van der Waals surface area contributed by atoms with Crippen LogP contribution in [0.3, 0.4) is 0 Å². The minimum atomic E-state index is -0.238. The first-order chi connectivity index (χ1) is 13.3. The van der Waals surface area contributed by atoms with E-state index in [1.807, 2.05) is 40.0 Å². The Labute approximate surface area is 171 Å². The Kier molecular flexibility index (Phi) is 4.74. The predicted molar refractivity (Wildman–Crippen MR) is 109 cm³/mol. The summed E-state index contributed by atoms with van der Waals surface area (Å²) in [6.45, 7) is 6.75. The third kappa shape index (κ3) is 3.22. The van der Waals surface area contributed by atoms with E-state index in [-0.39, 0.29) is 11.9 Å². The normalized spacial score (nSPS) is 14.2. The van der Waals surface area contributed by atoms with Crippen molar-refractivity contribution in [2.45, 2.75) is 26.8 Å². The Bertz CT molecular complexity index is 1090. The fourth-order valence-electron chi connectivity index (χ4n) is 3.51. The van der Waals surface area contributed by atoms with Crippen LogP contribution < -0.4 is 14.8 Å². The van der Waals surface area contributed by atoms with Gasteiger partial charge >= 0.3 is 0 Å². The zero-order chi connectivity index (χ0) is 20.0. The van der Waals surface area contributed by atoms with Gasteiger partial charge in [-0.1, -0.05) is 15.9 Å². The molecule has 1 atom stereocenters. The van der Waals surface area contributed by atoms with Crippen molar-refractivity contribution in [3.05, 3.63) is 45.2 Å². The second-order valence-electron chi connectivity index (χ2n) is 6.93. The van der Waals surface area contributed by atoms with Crippen molar-refractivity contribution in [3.8, 4) is 11.5 Å². The third-order valence-corrected chi connectivity index (χ3v) is 5.50. The molecule has 0 spiro atoms. The number of benzene rings is 1. The summed E-state index contributed by atoms with van der Waals surface area (Å²) in [5.41, 5.74) is 3.75. The highest BCUT2D eigenvalue weighted by molar-refractivity contribution is 9.10. The van der Waals surface area contributed by atoms with Crippen molar-refractivity contribution in [1.82, 2.24) is 20.1 Å². The number of ether oxygens (including phenoxy) is 2. The molecule has 2 aromatic heterocycles. The standard InChI is InChI=1S/C20H21BrN4O3/c1-10-7-14(18-12(3)24-25(4)19(18)22-10)20(26)23-11(2)13-8-16-17(9-15(13)21)28-6-5-27-16/h7-9,11H,5-6H2,1-4H3,(H,23,26). The van der Waals surface area contributed by atoms with Crippen LogP contribution in [0.4, 0.5) is 0 Å². The third-order valence-electron chi connectivity index (χ3n) is 4.82. The highest BCUT2D eigenvalue weighted by Crippen LogP contribution is 2.38. The monoisotopic (exact) mass is 444 g/mol. The first-order valence-electron chi connectivity index (χ1n) is 9.06. The van der Waals surface area contributed by atoms with Crippen LogP contribution in [0.2, 0.25) is 0 Å². The molecule has 0 fully saturated rings. The van der Waals surface area contributed by atoms with Gasteiger partial charge in [0.1, 0.15) is 13.2 Å². The number of hydrogen-bond acceptors (Lipinski definition) is 5. The topological polar surface area (TPSA) is 78.3 Å². The number of nitrogens with zero attached hydrogens (tertiary/aromatic N) is 3. The summed E-state index contributed by atoms with van der Waals surface area (Å²) < 4.78 is 13.8. The largest absolute Gasteiger partial charge is 0.486 e. The van der Waals surface area contributed by atoms with Gasteiger partial charge in [-0.25, -0.2) is 4.98 Å². The Morgan fingerprint density at radius 2 is 1.89 bits per heavy atom. The molecule has 1 aromatic carbocycles. The van der Waals surface area contributed by atoms with Crippen molar-refractivity contribution in [2.75, 3.05) is 13.2 Å². The molecule has 0 bridgehead atoms. The first kappa shape index (κ1) is 18.7. The maximum Gasteiger partial charge on any atom is 0.252 e. The van der Waals surface area contributed by atoms with E-state index in [0.29, 0.717) is 35.9 Å². The summed E-state index contributed by atoms with van der Waals surface area (Å²) in [5, 5.41) is 8.27.